The third-order valence-electron chi connectivity index (χ3n) is 12.5. The highest BCUT2D eigenvalue weighted by atomic mass is 127. The molecule has 2 aliphatic heterocycles. The summed E-state index contributed by atoms with van der Waals surface area (Å²) in [7, 11) is 5.46. The van der Waals surface area contributed by atoms with E-state index in [9.17, 15) is 4.79 Å². The van der Waals surface area contributed by atoms with Crippen molar-refractivity contribution in [2.45, 2.75) is 104 Å². The summed E-state index contributed by atoms with van der Waals surface area (Å²) < 4.78 is 41.8. The average molecular weight is 949 g/mol. The molecule has 4 aromatic rings. The van der Waals surface area contributed by atoms with E-state index in [0.717, 1.165) is 73.8 Å². The zero-order valence-corrected chi connectivity index (χ0v) is 39.4. The topological polar surface area (TPSA) is 92.7 Å². The lowest BCUT2D eigenvalue weighted by atomic mass is 9.74. The molecule has 0 spiro atoms. The fourth-order valence-electron chi connectivity index (χ4n) is 9.02. The Kier molecular flexibility index (Phi) is 13.9. The van der Waals surface area contributed by atoms with E-state index in [-0.39, 0.29) is 29.8 Å². The van der Waals surface area contributed by atoms with Gasteiger partial charge in [0.15, 0.2) is 5.82 Å². The second-order valence-corrected chi connectivity index (χ2v) is 19.2. The molecule has 0 saturated carbocycles. The number of piperazine rings is 1. The predicted octanol–water partition coefficient (Wildman–Crippen LogP) is 9.19. The molecule has 4 atom stereocenters. The Morgan fingerprint density at radius 3 is 2.13 bits per heavy atom. The molecular weight excluding hydrogens is 886 g/mol. The van der Waals surface area contributed by atoms with Crippen molar-refractivity contribution in [1.29, 1.82) is 0 Å². The molecule has 328 valence electrons. The minimum absolute atomic E-state index is 0.0257. The summed E-state index contributed by atoms with van der Waals surface area (Å²) in [6.07, 6.45) is 3.13. The van der Waals surface area contributed by atoms with Gasteiger partial charge in [-0.2, -0.15) is 9.97 Å². The molecule has 7 rings (SSSR count). The van der Waals surface area contributed by atoms with E-state index < -0.39 is 5.60 Å². The van der Waals surface area contributed by atoms with Crippen LogP contribution in [0.15, 0.2) is 54.6 Å². The first-order valence-electron chi connectivity index (χ1n) is 21.6. The third-order valence-corrected chi connectivity index (χ3v) is 13.9. The first kappa shape index (κ1) is 44.7. The van der Waals surface area contributed by atoms with Gasteiger partial charge in [0, 0.05) is 59.5 Å². The smallest absolute Gasteiger partial charge is 0.410 e. The number of methoxy groups -OCH3 is 2. The highest BCUT2D eigenvalue weighted by molar-refractivity contribution is 14.1. The number of nitrogens with zero attached hydrogens (tertiary/aromatic N) is 6. The molecule has 0 N–H and O–H groups in total. The molecule has 0 radical (unpaired) electrons. The van der Waals surface area contributed by atoms with Crippen molar-refractivity contribution in [2.75, 3.05) is 63.9 Å². The van der Waals surface area contributed by atoms with Gasteiger partial charge in [0.05, 0.1) is 25.6 Å². The maximum absolute atomic E-state index is 17.8. The van der Waals surface area contributed by atoms with Gasteiger partial charge in [-0.25, -0.2) is 9.18 Å². The number of carbonyl (C=O) groups excluding carboxylic acids is 1. The molecule has 1 amide bonds. The van der Waals surface area contributed by atoms with Gasteiger partial charge >= 0.3 is 12.1 Å². The van der Waals surface area contributed by atoms with E-state index in [0.29, 0.717) is 69.9 Å². The number of ether oxygens (including phenoxy) is 4. The van der Waals surface area contributed by atoms with Gasteiger partial charge in [-0.3, -0.25) is 0 Å². The standard InChI is InChI=1S/C48H62FIN6O5/c1-30-23-39-40(51-46(60-29-35-11-10-20-53(35)7)52-45(39)56-22-21-54(26-32(56)3)47(57)61-48(4,5)6)25-38(30)42-43(49)41(24-31(2)44(42)50)55(27-33-12-16-36(58-8)17-13-33)28-34-14-18-37(59-9)19-15-34/h12-19,24,30,32,35,38H,10-11,20-23,25-29H2,1-9H3/t30-,32-,35-,38-/m0/s1. The molecule has 3 heterocycles. The number of benzene rings is 3. The highest BCUT2D eigenvalue weighted by Gasteiger charge is 2.38. The molecular formula is C48H62FIN6O5. The molecule has 0 unspecified atom stereocenters. The van der Waals surface area contributed by atoms with Crippen molar-refractivity contribution >= 4 is 40.2 Å². The third kappa shape index (κ3) is 10.3. The lowest BCUT2D eigenvalue weighted by molar-refractivity contribution is 0.0218. The number of rotatable bonds is 12. The Balaban J connectivity index is 1.24. The number of fused-ring (bicyclic) bond motifs is 1. The van der Waals surface area contributed by atoms with Crippen LogP contribution < -0.4 is 24.0 Å². The second kappa shape index (κ2) is 18.9. The summed E-state index contributed by atoms with van der Waals surface area (Å²) in [4.78, 5) is 31.9. The molecule has 0 bridgehead atoms. The molecule has 61 heavy (non-hydrogen) atoms. The van der Waals surface area contributed by atoms with Crippen LogP contribution in [-0.2, 0) is 30.7 Å². The van der Waals surface area contributed by atoms with Crippen molar-refractivity contribution < 1.29 is 28.1 Å². The number of amides is 1. The number of hydrogen-bond donors (Lipinski definition) is 0. The van der Waals surface area contributed by atoms with Gasteiger partial charge in [-0.05, 0) is 155 Å². The molecule has 1 aliphatic carbocycles. The van der Waals surface area contributed by atoms with E-state index in [1.54, 1.807) is 19.1 Å². The zero-order valence-electron chi connectivity index (χ0n) is 37.3. The van der Waals surface area contributed by atoms with Gasteiger partial charge in [0.2, 0.25) is 0 Å². The highest BCUT2D eigenvalue weighted by Crippen LogP contribution is 2.45. The van der Waals surface area contributed by atoms with Crippen molar-refractivity contribution in [3.05, 3.63) is 97.5 Å². The van der Waals surface area contributed by atoms with Gasteiger partial charge in [-0.15, -0.1) is 0 Å². The molecule has 3 aromatic carbocycles. The monoisotopic (exact) mass is 948 g/mol. The van der Waals surface area contributed by atoms with Crippen molar-refractivity contribution in [3.63, 3.8) is 0 Å². The number of carbonyl (C=O) groups is 1. The van der Waals surface area contributed by atoms with Crippen LogP contribution in [0.3, 0.4) is 0 Å². The van der Waals surface area contributed by atoms with Gasteiger partial charge < -0.3 is 38.5 Å². The van der Waals surface area contributed by atoms with E-state index in [1.807, 2.05) is 75.4 Å². The van der Waals surface area contributed by atoms with Gasteiger partial charge in [0.1, 0.15) is 29.5 Å². The van der Waals surface area contributed by atoms with Crippen LogP contribution in [0.5, 0.6) is 17.5 Å². The molecule has 2 fully saturated rings. The van der Waals surface area contributed by atoms with Crippen molar-refractivity contribution in [3.8, 4) is 17.5 Å². The molecule has 1 aromatic heterocycles. The number of likely N-dealkylation sites (tertiary alicyclic amines) is 1. The fraction of sp³-hybridized carbons (Fsp3) is 0.521. The summed E-state index contributed by atoms with van der Waals surface area (Å²) in [6, 6.07) is 18.6. The fourth-order valence-corrected chi connectivity index (χ4v) is 9.82. The van der Waals surface area contributed by atoms with Crippen LogP contribution in [-0.4, -0.2) is 97.6 Å². The molecule has 3 aliphatic rings. The number of likely N-dealkylation sites (N-methyl/N-ethyl adjacent to an activating group) is 1. The first-order valence-corrected chi connectivity index (χ1v) is 22.7. The minimum atomic E-state index is -0.573. The van der Waals surface area contributed by atoms with E-state index >= 15 is 4.39 Å². The minimum Gasteiger partial charge on any atom is -0.497 e. The van der Waals surface area contributed by atoms with Crippen molar-refractivity contribution in [1.82, 2.24) is 19.8 Å². The molecule has 13 heteroatoms. The SMILES string of the molecule is COc1ccc(CN(Cc2ccc(OC)cc2)c2cc(C)c(I)c([C@H]3Cc4nc(OC[C@@H]5CCCN5C)nc(N5CCN(C(=O)OC(C)(C)C)C[C@@H]5C)c4C[C@@H]3C)c2F)cc1. The van der Waals surface area contributed by atoms with Crippen LogP contribution in [0.1, 0.15) is 86.9 Å². The quantitative estimate of drug-likeness (QED) is 0.128. The summed E-state index contributed by atoms with van der Waals surface area (Å²) >= 11 is 2.35. The Labute approximate surface area is 375 Å². The van der Waals surface area contributed by atoms with E-state index in [2.05, 4.69) is 65.1 Å². The summed E-state index contributed by atoms with van der Waals surface area (Å²) in [6.45, 7) is 16.3. The number of aromatic nitrogens is 2. The average Bonchev–Trinajstić information content (AvgIpc) is 3.65. The Bertz CT molecular complexity index is 2120. The number of aryl methyl sites for hydroxylation is 1. The Morgan fingerprint density at radius 1 is 0.934 bits per heavy atom. The molecule has 2 saturated heterocycles. The van der Waals surface area contributed by atoms with Crippen LogP contribution in [0.2, 0.25) is 0 Å². The second-order valence-electron chi connectivity index (χ2n) is 18.1. The largest absolute Gasteiger partial charge is 0.497 e. The summed E-state index contributed by atoms with van der Waals surface area (Å²) in [5.74, 6) is 2.16. The van der Waals surface area contributed by atoms with E-state index in [4.69, 9.17) is 28.9 Å². The maximum atomic E-state index is 17.8. The van der Waals surface area contributed by atoms with E-state index in [1.165, 1.54) is 0 Å². The number of hydrogen-bond acceptors (Lipinski definition) is 10. The molecule has 11 nitrogen and oxygen atoms in total. The summed E-state index contributed by atoms with van der Waals surface area (Å²) in [5, 5.41) is 0. The Hall–Kier alpha value is -4.37. The zero-order chi connectivity index (χ0) is 43.6. The van der Waals surface area contributed by atoms with Crippen LogP contribution in [0.25, 0.3) is 0 Å². The van der Waals surface area contributed by atoms with Crippen molar-refractivity contribution in [2.24, 2.45) is 5.92 Å². The van der Waals surface area contributed by atoms with Crippen LogP contribution in [0.4, 0.5) is 20.7 Å². The van der Waals surface area contributed by atoms with Crippen LogP contribution >= 0.6 is 22.6 Å². The Morgan fingerprint density at radius 2 is 1.57 bits per heavy atom. The van der Waals surface area contributed by atoms with Gasteiger partial charge in [0.25, 0.3) is 0 Å². The number of halogens is 2. The van der Waals surface area contributed by atoms with Gasteiger partial charge in [-0.1, -0.05) is 31.2 Å². The maximum Gasteiger partial charge on any atom is 0.410 e. The first-order chi connectivity index (χ1) is 29.1. The lowest BCUT2D eigenvalue weighted by Gasteiger charge is -2.42. The summed E-state index contributed by atoms with van der Waals surface area (Å²) in [5.41, 5.74) is 5.84. The van der Waals surface area contributed by atoms with Crippen LogP contribution in [0, 0.1) is 22.2 Å². The normalized spacial score (nSPS) is 20.6. The predicted molar refractivity (Wildman–Crippen MR) is 247 cm³/mol. The number of anilines is 2. The lowest BCUT2D eigenvalue weighted by Crippen LogP contribution is -2.55.